The van der Waals surface area contributed by atoms with E-state index in [2.05, 4.69) is 27.1 Å². The zero-order chi connectivity index (χ0) is 30.0. The van der Waals surface area contributed by atoms with Gasteiger partial charge in [0, 0.05) is 49.4 Å². The average molecular weight is 597 g/mol. The van der Waals surface area contributed by atoms with Gasteiger partial charge in [-0.15, -0.1) is 0 Å². The van der Waals surface area contributed by atoms with Gasteiger partial charge in [0.15, 0.2) is 0 Å². The van der Waals surface area contributed by atoms with Crippen molar-refractivity contribution in [2.24, 2.45) is 5.92 Å². The second kappa shape index (κ2) is 13.0. The van der Waals surface area contributed by atoms with Gasteiger partial charge in [0.25, 0.3) is 5.92 Å². The van der Waals surface area contributed by atoms with E-state index in [1.807, 2.05) is 22.8 Å². The van der Waals surface area contributed by atoms with Crippen LogP contribution in [0.3, 0.4) is 0 Å². The predicted molar refractivity (Wildman–Crippen MR) is 163 cm³/mol. The van der Waals surface area contributed by atoms with Crippen LogP contribution in [0.25, 0.3) is 0 Å². The van der Waals surface area contributed by atoms with E-state index < -0.39 is 11.8 Å². The first-order chi connectivity index (χ1) is 20.8. The lowest BCUT2D eigenvalue weighted by atomic mass is 9.85. The SMILES string of the molecule is CC1CCCCCCN2C(=O)N(C3CCOCC3)Cc3c(ncnc32)N[C@H](C)c2cccc(c2)C(F)(F)C2CCN1CC2. The number of fused-ring (bicyclic) bond motifs is 9. The molecule has 5 aliphatic rings. The number of urea groups is 1. The molecular formula is C33H46F2N6O2. The Morgan fingerprint density at radius 1 is 0.953 bits per heavy atom. The fraction of sp³-hybridized carbons (Fsp3) is 0.667. The smallest absolute Gasteiger partial charge is 0.326 e. The Bertz CT molecular complexity index is 1260. The van der Waals surface area contributed by atoms with Crippen LogP contribution in [0.15, 0.2) is 30.6 Å². The highest BCUT2D eigenvalue weighted by atomic mass is 19.3. The fourth-order valence-corrected chi connectivity index (χ4v) is 7.36. The Morgan fingerprint density at radius 2 is 1.72 bits per heavy atom. The van der Waals surface area contributed by atoms with Crippen molar-refractivity contribution < 1.29 is 18.3 Å². The molecule has 8 bridgehead atoms. The van der Waals surface area contributed by atoms with Crippen molar-refractivity contribution in [3.8, 4) is 0 Å². The highest BCUT2D eigenvalue weighted by molar-refractivity contribution is 5.94. The van der Waals surface area contributed by atoms with Gasteiger partial charge in [0.05, 0.1) is 12.1 Å². The summed E-state index contributed by atoms with van der Waals surface area (Å²) < 4.78 is 37.4. The summed E-state index contributed by atoms with van der Waals surface area (Å²) in [6.07, 6.45) is 9.30. The highest BCUT2D eigenvalue weighted by Crippen LogP contribution is 2.43. The van der Waals surface area contributed by atoms with Crippen LogP contribution < -0.4 is 10.2 Å². The molecule has 10 heteroatoms. The number of rotatable bonds is 1. The number of halogens is 2. The normalized spacial score (nSPS) is 29.1. The number of alkyl halides is 2. The third kappa shape index (κ3) is 6.36. The summed E-state index contributed by atoms with van der Waals surface area (Å²) in [5, 5.41) is 3.51. The third-order valence-corrected chi connectivity index (χ3v) is 10.2. The van der Waals surface area contributed by atoms with E-state index in [4.69, 9.17) is 4.74 Å². The van der Waals surface area contributed by atoms with E-state index in [1.54, 1.807) is 18.2 Å². The van der Waals surface area contributed by atoms with Gasteiger partial charge in [-0.1, -0.05) is 37.5 Å². The van der Waals surface area contributed by atoms with Crippen LogP contribution in [0.2, 0.25) is 0 Å². The topological polar surface area (TPSA) is 73.8 Å². The Balaban J connectivity index is 1.32. The molecule has 43 heavy (non-hydrogen) atoms. The molecule has 8 nitrogen and oxygen atoms in total. The number of hydrogen-bond acceptors (Lipinski definition) is 6. The number of ether oxygens (including phenoxy) is 1. The maximum Gasteiger partial charge on any atom is 0.326 e. The van der Waals surface area contributed by atoms with Gasteiger partial charge in [-0.2, -0.15) is 0 Å². The van der Waals surface area contributed by atoms with Crippen molar-refractivity contribution in [2.45, 2.75) is 102 Å². The average Bonchev–Trinajstić information content (AvgIpc) is 3.03. The number of carbonyl (C=O) groups is 1. The first-order valence-corrected chi connectivity index (χ1v) is 16.3. The minimum atomic E-state index is -2.89. The molecule has 1 aromatic heterocycles. The lowest BCUT2D eigenvalue weighted by Crippen LogP contribution is -2.53. The molecule has 7 rings (SSSR count). The van der Waals surface area contributed by atoms with Gasteiger partial charge in [-0.3, -0.25) is 4.90 Å². The van der Waals surface area contributed by atoms with Crippen LogP contribution in [0, 0.1) is 5.92 Å². The number of nitrogens with one attached hydrogen (secondary N) is 1. The van der Waals surface area contributed by atoms with Crippen LogP contribution in [-0.2, 0) is 17.2 Å². The minimum Gasteiger partial charge on any atom is -0.381 e. The molecule has 2 atom stereocenters. The first-order valence-electron chi connectivity index (χ1n) is 16.3. The van der Waals surface area contributed by atoms with Gasteiger partial charge < -0.3 is 19.9 Å². The number of amides is 2. The second-order valence-electron chi connectivity index (χ2n) is 12.9. The van der Waals surface area contributed by atoms with E-state index in [1.165, 1.54) is 6.33 Å². The highest BCUT2D eigenvalue weighted by Gasteiger charge is 2.43. The third-order valence-electron chi connectivity index (χ3n) is 10.2. The molecule has 1 unspecified atom stereocenters. The number of piperidine rings is 1. The first kappa shape index (κ1) is 30.2. The van der Waals surface area contributed by atoms with Crippen molar-refractivity contribution in [3.05, 3.63) is 47.3 Å². The molecule has 2 amide bonds. The second-order valence-corrected chi connectivity index (χ2v) is 12.9. The summed E-state index contributed by atoms with van der Waals surface area (Å²) in [7, 11) is 0. The molecule has 2 aromatic rings. The molecule has 6 heterocycles. The van der Waals surface area contributed by atoms with Gasteiger partial charge >= 0.3 is 6.03 Å². The Morgan fingerprint density at radius 3 is 2.51 bits per heavy atom. The van der Waals surface area contributed by atoms with Gasteiger partial charge in [-0.05, 0) is 77.1 Å². The number of carbonyl (C=O) groups excluding carboxylic acids is 1. The molecule has 0 aliphatic carbocycles. The van der Waals surface area contributed by atoms with Crippen molar-refractivity contribution in [1.29, 1.82) is 0 Å². The quantitative estimate of drug-likeness (QED) is 0.394. The maximum atomic E-state index is 15.9. The summed E-state index contributed by atoms with van der Waals surface area (Å²) in [6.45, 7) is 7.96. The van der Waals surface area contributed by atoms with Crippen LogP contribution in [0.5, 0.6) is 0 Å². The Hall–Kier alpha value is -2.85. The molecule has 2 saturated heterocycles. The van der Waals surface area contributed by atoms with Crippen molar-refractivity contribution in [1.82, 2.24) is 19.8 Å². The maximum absolute atomic E-state index is 15.9. The monoisotopic (exact) mass is 596 g/mol. The van der Waals surface area contributed by atoms with Crippen LogP contribution in [-0.4, -0.2) is 70.7 Å². The molecule has 1 aromatic carbocycles. The standard InChI is InChI=1S/C33H46F2N6O2/c1-23-8-5-3-4-6-15-40-31-29(21-41(32(40)42)28-13-18-43-19-14-28)30(36-22-37-31)38-24(2)25-9-7-10-27(20-25)33(34,35)26-11-16-39(23)17-12-26/h7,9-10,20,22-24,26,28H,3-6,8,11-19,21H2,1-2H3,(H,36,37,38)/t23?,24-/m1/s1. The summed E-state index contributed by atoms with van der Waals surface area (Å²) in [4.78, 5) is 29.3. The predicted octanol–water partition coefficient (Wildman–Crippen LogP) is 6.73. The molecule has 0 spiro atoms. The van der Waals surface area contributed by atoms with Gasteiger partial charge in [0.2, 0.25) is 0 Å². The van der Waals surface area contributed by atoms with Crippen molar-refractivity contribution in [3.63, 3.8) is 0 Å². The largest absolute Gasteiger partial charge is 0.381 e. The van der Waals surface area contributed by atoms with Crippen LogP contribution in [0.4, 0.5) is 25.2 Å². The molecule has 0 radical (unpaired) electrons. The summed E-state index contributed by atoms with van der Waals surface area (Å²) in [5.74, 6) is -2.24. The molecule has 2 fully saturated rings. The van der Waals surface area contributed by atoms with Crippen LogP contribution >= 0.6 is 0 Å². The molecule has 1 N–H and O–H groups in total. The van der Waals surface area contributed by atoms with Crippen molar-refractivity contribution in [2.75, 3.05) is 43.1 Å². The Kier molecular flexibility index (Phi) is 9.14. The summed E-state index contributed by atoms with van der Waals surface area (Å²) in [6, 6.07) is 7.09. The minimum absolute atomic E-state index is 0.00244. The number of aromatic nitrogens is 2. The molecule has 0 saturated carbocycles. The van der Waals surface area contributed by atoms with Gasteiger partial charge in [-0.25, -0.2) is 23.5 Å². The van der Waals surface area contributed by atoms with Crippen molar-refractivity contribution >= 4 is 17.7 Å². The fourth-order valence-electron chi connectivity index (χ4n) is 7.36. The zero-order valence-electron chi connectivity index (χ0n) is 25.6. The van der Waals surface area contributed by atoms with E-state index in [0.717, 1.165) is 69.2 Å². The number of benzene rings is 1. The summed E-state index contributed by atoms with van der Waals surface area (Å²) in [5.41, 5.74) is 1.75. The number of anilines is 2. The molecular weight excluding hydrogens is 550 g/mol. The lowest BCUT2D eigenvalue weighted by molar-refractivity contribution is -0.0883. The Labute approximate surface area is 254 Å². The molecule has 5 aliphatic heterocycles. The van der Waals surface area contributed by atoms with Crippen LogP contribution in [0.1, 0.15) is 94.4 Å². The lowest BCUT2D eigenvalue weighted by Gasteiger charge is -2.42. The van der Waals surface area contributed by atoms with E-state index >= 15 is 8.78 Å². The summed E-state index contributed by atoms with van der Waals surface area (Å²) >= 11 is 0. The van der Waals surface area contributed by atoms with E-state index in [0.29, 0.717) is 56.8 Å². The molecule has 234 valence electrons. The van der Waals surface area contributed by atoms with E-state index in [9.17, 15) is 4.79 Å². The van der Waals surface area contributed by atoms with Gasteiger partial charge in [0.1, 0.15) is 18.0 Å². The number of hydrogen-bond donors (Lipinski definition) is 1. The number of nitrogens with zero attached hydrogens (tertiary/aromatic N) is 5. The zero-order valence-corrected chi connectivity index (χ0v) is 25.6. The van der Waals surface area contributed by atoms with E-state index in [-0.39, 0.29) is 23.7 Å².